The second-order valence-electron chi connectivity index (χ2n) is 4.64. The predicted molar refractivity (Wildman–Crippen MR) is 66.8 cm³/mol. The van der Waals surface area contributed by atoms with Crippen LogP contribution in [0.15, 0.2) is 18.2 Å². The van der Waals surface area contributed by atoms with Crippen molar-refractivity contribution in [1.82, 2.24) is 14.6 Å². The van der Waals surface area contributed by atoms with E-state index in [9.17, 15) is 0 Å². The van der Waals surface area contributed by atoms with Crippen LogP contribution in [0.4, 0.5) is 0 Å². The molecule has 0 bridgehead atoms. The third kappa shape index (κ3) is 2.06. The summed E-state index contributed by atoms with van der Waals surface area (Å²) in [6, 6.07) is 5.81. The monoisotopic (exact) mass is 247 g/mol. The molecule has 0 radical (unpaired) electrons. The fourth-order valence-corrected chi connectivity index (χ4v) is 2.47. The van der Waals surface area contributed by atoms with E-state index < -0.39 is 0 Å². The molecule has 1 saturated heterocycles. The Kier molecular flexibility index (Phi) is 3.15. The van der Waals surface area contributed by atoms with Gasteiger partial charge in [0.05, 0.1) is 7.11 Å². The van der Waals surface area contributed by atoms with Crippen LogP contribution in [0.1, 0.15) is 18.7 Å². The molecule has 2 aromatic rings. The van der Waals surface area contributed by atoms with Crippen LogP contribution < -0.4 is 4.74 Å². The molecule has 0 unspecified atom stereocenters. The van der Waals surface area contributed by atoms with E-state index in [1.165, 1.54) is 0 Å². The maximum Gasteiger partial charge on any atom is 0.200 e. The molecule has 1 aliphatic heterocycles. The fourth-order valence-electron chi connectivity index (χ4n) is 2.47. The van der Waals surface area contributed by atoms with E-state index in [2.05, 4.69) is 10.2 Å². The first kappa shape index (κ1) is 11.5. The minimum Gasteiger partial charge on any atom is -0.482 e. The van der Waals surface area contributed by atoms with Gasteiger partial charge in [0, 0.05) is 19.6 Å². The summed E-state index contributed by atoms with van der Waals surface area (Å²) < 4.78 is 12.8. The van der Waals surface area contributed by atoms with Gasteiger partial charge in [0.2, 0.25) is 5.88 Å². The van der Waals surface area contributed by atoms with Gasteiger partial charge in [-0.2, -0.15) is 0 Å². The molecular weight excluding hydrogens is 230 g/mol. The number of nitrogens with zero attached hydrogens (tertiary/aromatic N) is 3. The highest BCUT2D eigenvalue weighted by atomic mass is 16.5. The van der Waals surface area contributed by atoms with Crippen LogP contribution in [0.5, 0.6) is 5.88 Å². The Morgan fingerprint density at radius 3 is 2.94 bits per heavy atom. The maximum absolute atomic E-state index is 5.38. The number of fused-ring (bicyclic) bond motifs is 1. The van der Waals surface area contributed by atoms with Crippen molar-refractivity contribution in [3.05, 3.63) is 24.0 Å². The Labute approximate surface area is 106 Å². The number of pyridine rings is 1. The zero-order valence-corrected chi connectivity index (χ0v) is 10.5. The summed E-state index contributed by atoms with van der Waals surface area (Å²) in [6.07, 6.45) is 3.14. The molecule has 1 fully saturated rings. The summed E-state index contributed by atoms with van der Waals surface area (Å²) in [5, 5.41) is 8.48. The average molecular weight is 247 g/mol. The Morgan fingerprint density at radius 1 is 1.33 bits per heavy atom. The molecule has 0 N–H and O–H groups in total. The maximum atomic E-state index is 5.38. The van der Waals surface area contributed by atoms with Crippen molar-refractivity contribution < 1.29 is 9.47 Å². The molecule has 0 aliphatic carbocycles. The molecule has 0 saturated carbocycles. The first-order valence-electron chi connectivity index (χ1n) is 6.33. The van der Waals surface area contributed by atoms with E-state index in [4.69, 9.17) is 9.47 Å². The standard InChI is InChI=1S/C13H17N3O2/c1-17-13-4-2-3-11-14-15-12(16(11)13)9-10-5-7-18-8-6-10/h2-4,10H,5-9H2,1H3. The van der Waals surface area contributed by atoms with Crippen LogP contribution in [-0.4, -0.2) is 34.9 Å². The molecular formula is C13H17N3O2. The van der Waals surface area contributed by atoms with Gasteiger partial charge in [0.25, 0.3) is 0 Å². The largest absolute Gasteiger partial charge is 0.482 e. The topological polar surface area (TPSA) is 48.7 Å². The molecule has 0 spiro atoms. The third-order valence-corrected chi connectivity index (χ3v) is 3.48. The summed E-state index contributed by atoms with van der Waals surface area (Å²) >= 11 is 0. The van der Waals surface area contributed by atoms with Crippen LogP contribution in [0.2, 0.25) is 0 Å². The van der Waals surface area contributed by atoms with Gasteiger partial charge >= 0.3 is 0 Å². The van der Waals surface area contributed by atoms with Crippen molar-refractivity contribution in [3.63, 3.8) is 0 Å². The second kappa shape index (κ2) is 4.94. The van der Waals surface area contributed by atoms with Gasteiger partial charge in [-0.05, 0) is 30.9 Å². The zero-order chi connectivity index (χ0) is 12.4. The van der Waals surface area contributed by atoms with Crippen LogP contribution in [0, 0.1) is 5.92 Å². The highest BCUT2D eigenvalue weighted by Crippen LogP contribution is 2.22. The molecule has 5 heteroatoms. The Hall–Kier alpha value is -1.62. The van der Waals surface area contributed by atoms with E-state index in [1.54, 1.807) is 7.11 Å². The van der Waals surface area contributed by atoms with Crippen molar-refractivity contribution in [2.75, 3.05) is 20.3 Å². The van der Waals surface area contributed by atoms with E-state index in [1.807, 2.05) is 22.6 Å². The molecule has 2 aromatic heterocycles. The Morgan fingerprint density at radius 2 is 2.17 bits per heavy atom. The number of aromatic nitrogens is 3. The predicted octanol–water partition coefficient (Wildman–Crippen LogP) is 1.71. The molecule has 0 amide bonds. The summed E-state index contributed by atoms with van der Waals surface area (Å²) in [4.78, 5) is 0. The lowest BCUT2D eigenvalue weighted by atomic mass is 9.96. The number of hydrogen-bond acceptors (Lipinski definition) is 4. The quantitative estimate of drug-likeness (QED) is 0.828. The minimum atomic E-state index is 0.635. The molecule has 5 nitrogen and oxygen atoms in total. The number of rotatable bonds is 3. The first-order valence-corrected chi connectivity index (χ1v) is 6.33. The highest BCUT2D eigenvalue weighted by Gasteiger charge is 2.18. The summed E-state index contributed by atoms with van der Waals surface area (Å²) in [7, 11) is 1.67. The number of hydrogen-bond donors (Lipinski definition) is 0. The van der Waals surface area contributed by atoms with Gasteiger partial charge in [-0.15, -0.1) is 10.2 Å². The van der Waals surface area contributed by atoms with E-state index in [-0.39, 0.29) is 0 Å². The number of methoxy groups -OCH3 is 1. The molecule has 3 heterocycles. The SMILES string of the molecule is COc1cccc2nnc(CC3CCOCC3)n12. The third-order valence-electron chi connectivity index (χ3n) is 3.48. The fraction of sp³-hybridized carbons (Fsp3) is 0.538. The van der Waals surface area contributed by atoms with Crippen molar-refractivity contribution in [2.24, 2.45) is 5.92 Å². The minimum absolute atomic E-state index is 0.635. The molecule has 1 aliphatic rings. The Balaban J connectivity index is 1.91. The molecule has 0 atom stereocenters. The first-order chi connectivity index (χ1) is 8.88. The van der Waals surface area contributed by atoms with Gasteiger partial charge < -0.3 is 9.47 Å². The average Bonchev–Trinajstić information content (AvgIpc) is 2.83. The van der Waals surface area contributed by atoms with Crippen molar-refractivity contribution >= 4 is 5.65 Å². The summed E-state index contributed by atoms with van der Waals surface area (Å²) in [5.41, 5.74) is 0.844. The molecule has 18 heavy (non-hydrogen) atoms. The van der Waals surface area contributed by atoms with Crippen molar-refractivity contribution in [1.29, 1.82) is 0 Å². The van der Waals surface area contributed by atoms with E-state index in [0.717, 1.165) is 49.8 Å². The van der Waals surface area contributed by atoms with Crippen LogP contribution in [-0.2, 0) is 11.2 Å². The molecule has 3 rings (SSSR count). The lowest BCUT2D eigenvalue weighted by Crippen LogP contribution is -2.18. The van der Waals surface area contributed by atoms with Crippen molar-refractivity contribution in [3.8, 4) is 5.88 Å². The van der Waals surface area contributed by atoms with Gasteiger partial charge in [0.1, 0.15) is 5.82 Å². The second-order valence-corrected chi connectivity index (χ2v) is 4.64. The summed E-state index contributed by atoms with van der Waals surface area (Å²) in [5.74, 6) is 2.41. The van der Waals surface area contributed by atoms with E-state index in [0.29, 0.717) is 5.92 Å². The Bertz CT molecular complexity index is 532. The van der Waals surface area contributed by atoms with Crippen LogP contribution >= 0.6 is 0 Å². The van der Waals surface area contributed by atoms with Gasteiger partial charge in [-0.25, -0.2) is 4.40 Å². The van der Waals surface area contributed by atoms with Gasteiger partial charge in [0.15, 0.2) is 5.65 Å². The highest BCUT2D eigenvalue weighted by molar-refractivity contribution is 5.42. The van der Waals surface area contributed by atoms with Gasteiger partial charge in [-0.1, -0.05) is 6.07 Å². The molecule has 96 valence electrons. The van der Waals surface area contributed by atoms with Crippen LogP contribution in [0.3, 0.4) is 0 Å². The summed E-state index contributed by atoms with van der Waals surface area (Å²) in [6.45, 7) is 1.72. The van der Waals surface area contributed by atoms with Crippen LogP contribution in [0.25, 0.3) is 5.65 Å². The van der Waals surface area contributed by atoms with Crippen molar-refractivity contribution in [2.45, 2.75) is 19.3 Å². The lowest BCUT2D eigenvalue weighted by molar-refractivity contribution is 0.0659. The lowest BCUT2D eigenvalue weighted by Gasteiger charge is -2.21. The zero-order valence-electron chi connectivity index (χ0n) is 10.5. The number of ether oxygens (including phenoxy) is 2. The van der Waals surface area contributed by atoms with E-state index >= 15 is 0 Å². The smallest absolute Gasteiger partial charge is 0.200 e. The molecule has 0 aromatic carbocycles. The van der Waals surface area contributed by atoms with Gasteiger partial charge in [-0.3, -0.25) is 0 Å². The normalized spacial score (nSPS) is 17.2.